The van der Waals surface area contributed by atoms with Crippen LogP contribution >= 0.6 is 0 Å². The van der Waals surface area contributed by atoms with Gasteiger partial charge in [-0.1, -0.05) is 20.3 Å². The molecule has 82 valence electrons. The molecular formula is C12H24N2. The summed E-state index contributed by atoms with van der Waals surface area (Å²) in [6, 6.07) is 0.864. The van der Waals surface area contributed by atoms with Gasteiger partial charge in [0.05, 0.1) is 0 Å². The van der Waals surface area contributed by atoms with Crippen LogP contribution in [0.4, 0.5) is 0 Å². The van der Waals surface area contributed by atoms with Crippen molar-refractivity contribution in [2.45, 2.75) is 45.6 Å². The molecule has 0 aromatic carbocycles. The van der Waals surface area contributed by atoms with Crippen LogP contribution in [0.2, 0.25) is 0 Å². The van der Waals surface area contributed by atoms with E-state index in [0.717, 1.165) is 18.5 Å². The van der Waals surface area contributed by atoms with Crippen molar-refractivity contribution in [1.29, 1.82) is 0 Å². The Kier molecular flexibility index (Phi) is 2.85. The van der Waals surface area contributed by atoms with Gasteiger partial charge in [-0.2, -0.15) is 0 Å². The van der Waals surface area contributed by atoms with Crippen LogP contribution in [0, 0.1) is 11.3 Å². The van der Waals surface area contributed by atoms with Crippen molar-refractivity contribution in [3.8, 4) is 0 Å². The van der Waals surface area contributed by atoms with E-state index in [0.29, 0.717) is 5.41 Å². The predicted octanol–water partition coefficient (Wildman–Crippen LogP) is 1.85. The number of hydrogen-bond acceptors (Lipinski definition) is 2. The number of nitrogens with two attached hydrogens (primary N) is 1. The highest BCUT2D eigenvalue weighted by atomic mass is 15.2. The van der Waals surface area contributed by atoms with Crippen LogP contribution < -0.4 is 5.73 Å². The van der Waals surface area contributed by atoms with E-state index in [4.69, 9.17) is 5.73 Å². The smallest absolute Gasteiger partial charge is 0.0121 e. The number of likely N-dealkylation sites (tertiary alicyclic amines) is 1. The third-order valence-corrected chi connectivity index (χ3v) is 4.37. The molecule has 1 saturated heterocycles. The Bertz CT molecular complexity index is 204. The molecule has 0 amide bonds. The Morgan fingerprint density at radius 2 is 2.21 bits per heavy atom. The molecule has 2 rings (SSSR count). The SMILES string of the molecule is CC1CCCC1N1CCC(C)(CN)C1. The fourth-order valence-corrected chi connectivity index (χ4v) is 3.18. The summed E-state index contributed by atoms with van der Waals surface area (Å²) in [6.07, 6.45) is 5.58. The highest BCUT2D eigenvalue weighted by Crippen LogP contribution is 2.36. The molecule has 1 aliphatic heterocycles. The van der Waals surface area contributed by atoms with Gasteiger partial charge in [0.25, 0.3) is 0 Å². The van der Waals surface area contributed by atoms with E-state index in [2.05, 4.69) is 18.7 Å². The largest absolute Gasteiger partial charge is 0.330 e. The van der Waals surface area contributed by atoms with Gasteiger partial charge in [0.2, 0.25) is 0 Å². The van der Waals surface area contributed by atoms with Crippen molar-refractivity contribution in [2.24, 2.45) is 17.1 Å². The lowest BCUT2D eigenvalue weighted by Crippen LogP contribution is -2.38. The second kappa shape index (κ2) is 3.82. The third kappa shape index (κ3) is 1.82. The molecule has 0 spiro atoms. The zero-order chi connectivity index (χ0) is 10.2. The first-order valence-electron chi connectivity index (χ1n) is 6.09. The molecule has 2 fully saturated rings. The van der Waals surface area contributed by atoms with E-state index < -0.39 is 0 Å². The highest BCUT2D eigenvalue weighted by Gasteiger charge is 2.38. The fourth-order valence-electron chi connectivity index (χ4n) is 3.18. The van der Waals surface area contributed by atoms with Crippen LogP contribution in [0.5, 0.6) is 0 Å². The minimum Gasteiger partial charge on any atom is -0.330 e. The minimum atomic E-state index is 0.405. The summed E-state index contributed by atoms with van der Waals surface area (Å²) in [6.45, 7) is 8.12. The normalized spacial score (nSPS) is 44.8. The van der Waals surface area contributed by atoms with Crippen molar-refractivity contribution in [2.75, 3.05) is 19.6 Å². The number of rotatable bonds is 2. The van der Waals surface area contributed by atoms with Gasteiger partial charge in [-0.3, -0.25) is 4.90 Å². The van der Waals surface area contributed by atoms with Crippen LogP contribution in [0.3, 0.4) is 0 Å². The van der Waals surface area contributed by atoms with E-state index in [1.165, 1.54) is 38.8 Å². The molecule has 0 aromatic rings. The molecular weight excluding hydrogens is 172 g/mol. The summed E-state index contributed by atoms with van der Waals surface area (Å²) >= 11 is 0. The first-order valence-corrected chi connectivity index (χ1v) is 6.09. The van der Waals surface area contributed by atoms with Gasteiger partial charge in [0.1, 0.15) is 0 Å². The molecule has 2 aliphatic rings. The number of nitrogens with zero attached hydrogens (tertiary/aromatic N) is 1. The maximum absolute atomic E-state index is 5.84. The van der Waals surface area contributed by atoms with Crippen molar-refractivity contribution in [3.63, 3.8) is 0 Å². The van der Waals surface area contributed by atoms with Crippen molar-refractivity contribution >= 4 is 0 Å². The van der Waals surface area contributed by atoms with Crippen LogP contribution in [0.15, 0.2) is 0 Å². The van der Waals surface area contributed by atoms with Crippen molar-refractivity contribution in [1.82, 2.24) is 4.90 Å². The first-order chi connectivity index (χ1) is 6.64. The van der Waals surface area contributed by atoms with E-state index in [1.807, 2.05) is 0 Å². The molecule has 0 radical (unpaired) electrons. The Hall–Kier alpha value is -0.0800. The summed E-state index contributed by atoms with van der Waals surface area (Å²) in [5.41, 5.74) is 6.24. The second-order valence-corrected chi connectivity index (χ2v) is 5.71. The van der Waals surface area contributed by atoms with Gasteiger partial charge in [-0.15, -0.1) is 0 Å². The monoisotopic (exact) mass is 196 g/mol. The summed E-state index contributed by atoms with van der Waals surface area (Å²) < 4.78 is 0. The summed E-state index contributed by atoms with van der Waals surface area (Å²) in [4.78, 5) is 2.70. The van der Waals surface area contributed by atoms with E-state index in [-0.39, 0.29) is 0 Å². The maximum Gasteiger partial charge on any atom is 0.0121 e. The van der Waals surface area contributed by atoms with Crippen LogP contribution in [-0.4, -0.2) is 30.6 Å². The Balaban J connectivity index is 1.95. The Labute approximate surface area is 87.8 Å². The van der Waals surface area contributed by atoms with Gasteiger partial charge in [-0.25, -0.2) is 0 Å². The molecule has 14 heavy (non-hydrogen) atoms. The number of hydrogen-bond donors (Lipinski definition) is 1. The molecule has 1 heterocycles. The van der Waals surface area contributed by atoms with Gasteiger partial charge < -0.3 is 5.73 Å². The molecule has 2 nitrogen and oxygen atoms in total. The zero-order valence-electron chi connectivity index (χ0n) is 9.63. The zero-order valence-corrected chi connectivity index (χ0v) is 9.63. The third-order valence-electron chi connectivity index (χ3n) is 4.37. The quantitative estimate of drug-likeness (QED) is 0.730. The standard InChI is InChI=1S/C12H24N2/c1-10-4-3-5-11(10)14-7-6-12(2,8-13)9-14/h10-11H,3-9,13H2,1-2H3. The van der Waals surface area contributed by atoms with E-state index in [9.17, 15) is 0 Å². The lowest BCUT2D eigenvalue weighted by Gasteiger charge is -2.29. The molecule has 1 saturated carbocycles. The van der Waals surface area contributed by atoms with E-state index >= 15 is 0 Å². The van der Waals surface area contributed by atoms with Crippen molar-refractivity contribution < 1.29 is 0 Å². The van der Waals surface area contributed by atoms with Gasteiger partial charge in [0.15, 0.2) is 0 Å². The van der Waals surface area contributed by atoms with Gasteiger partial charge >= 0.3 is 0 Å². The molecule has 0 bridgehead atoms. The molecule has 3 unspecified atom stereocenters. The Morgan fingerprint density at radius 1 is 1.43 bits per heavy atom. The topological polar surface area (TPSA) is 29.3 Å². The summed E-state index contributed by atoms with van der Waals surface area (Å²) in [5.74, 6) is 0.912. The molecule has 0 aromatic heterocycles. The average Bonchev–Trinajstić information content (AvgIpc) is 2.73. The minimum absolute atomic E-state index is 0.405. The highest BCUT2D eigenvalue weighted by molar-refractivity contribution is 4.93. The summed E-state index contributed by atoms with van der Waals surface area (Å²) in [5, 5.41) is 0. The van der Waals surface area contributed by atoms with Gasteiger partial charge in [0, 0.05) is 12.6 Å². The van der Waals surface area contributed by atoms with Crippen molar-refractivity contribution in [3.05, 3.63) is 0 Å². The maximum atomic E-state index is 5.84. The molecule has 2 N–H and O–H groups in total. The Morgan fingerprint density at radius 3 is 2.71 bits per heavy atom. The first kappa shape index (κ1) is 10.4. The van der Waals surface area contributed by atoms with Crippen LogP contribution in [-0.2, 0) is 0 Å². The molecule has 3 atom stereocenters. The molecule has 1 aliphatic carbocycles. The lowest BCUT2D eigenvalue weighted by molar-refractivity contribution is 0.183. The lowest BCUT2D eigenvalue weighted by atomic mass is 9.90. The molecule has 2 heteroatoms. The summed E-state index contributed by atoms with van der Waals surface area (Å²) in [7, 11) is 0. The average molecular weight is 196 g/mol. The van der Waals surface area contributed by atoms with E-state index in [1.54, 1.807) is 0 Å². The van der Waals surface area contributed by atoms with Gasteiger partial charge in [-0.05, 0) is 43.7 Å². The second-order valence-electron chi connectivity index (χ2n) is 5.71. The predicted molar refractivity (Wildman–Crippen MR) is 60.2 cm³/mol. The fraction of sp³-hybridized carbons (Fsp3) is 1.00. The van der Waals surface area contributed by atoms with Crippen LogP contribution in [0.25, 0.3) is 0 Å². The van der Waals surface area contributed by atoms with Crippen LogP contribution in [0.1, 0.15) is 39.5 Å².